The third-order valence-electron chi connectivity index (χ3n) is 4.54. The Morgan fingerprint density at radius 3 is 2.50 bits per heavy atom. The van der Waals surface area contributed by atoms with E-state index in [2.05, 4.69) is 69.3 Å². The van der Waals surface area contributed by atoms with Crippen LogP contribution in [-0.2, 0) is 11.3 Å². The van der Waals surface area contributed by atoms with Gasteiger partial charge in [0.1, 0.15) is 0 Å². The number of guanidine groups is 1. The first kappa shape index (κ1) is 22.1. The highest BCUT2D eigenvalue weighted by atomic mass is 127. The van der Waals surface area contributed by atoms with E-state index in [-0.39, 0.29) is 29.5 Å². The zero-order valence-corrected chi connectivity index (χ0v) is 19.6. The van der Waals surface area contributed by atoms with Crippen LogP contribution in [0, 0.1) is 0 Å². The second-order valence-corrected chi connectivity index (χ2v) is 8.74. The van der Waals surface area contributed by atoms with Crippen molar-refractivity contribution in [2.75, 3.05) is 47.9 Å². The van der Waals surface area contributed by atoms with Gasteiger partial charge in [0, 0.05) is 44.3 Å². The Hall–Kier alpha value is 0.1000. The molecule has 1 fully saturated rings. The van der Waals surface area contributed by atoms with Crippen LogP contribution in [0.5, 0.6) is 0 Å². The molecule has 0 unspecified atom stereocenters. The van der Waals surface area contributed by atoms with Gasteiger partial charge in [0.05, 0.1) is 10.3 Å². The van der Waals surface area contributed by atoms with Crippen LogP contribution in [0.25, 0.3) is 0 Å². The number of thiophene rings is 1. The van der Waals surface area contributed by atoms with Gasteiger partial charge in [-0.3, -0.25) is 4.99 Å². The predicted molar refractivity (Wildman–Crippen MR) is 117 cm³/mol. The Kier molecular flexibility index (Phi) is 9.50. The largest absolute Gasteiger partial charge is 0.381 e. The Morgan fingerprint density at radius 1 is 1.33 bits per heavy atom. The molecule has 0 spiro atoms. The fraction of sp³-hybridized carbons (Fsp3) is 0.688. The third-order valence-corrected chi connectivity index (χ3v) is 6.15. The number of hydrogen-bond acceptors (Lipinski definition) is 4. The third kappa shape index (κ3) is 5.82. The fourth-order valence-corrected chi connectivity index (χ4v) is 4.44. The molecule has 0 aliphatic carbocycles. The van der Waals surface area contributed by atoms with Gasteiger partial charge in [-0.1, -0.05) is 0 Å². The molecule has 1 aromatic rings. The molecule has 1 N–H and O–H groups in total. The molecular formula is C16H28BrIN4OS. The summed E-state index contributed by atoms with van der Waals surface area (Å²) < 4.78 is 6.70. The van der Waals surface area contributed by atoms with E-state index in [1.54, 1.807) is 11.3 Å². The molecule has 0 saturated carbocycles. The second-order valence-electron chi connectivity index (χ2n) is 6.19. The molecule has 1 aromatic heterocycles. The highest BCUT2D eigenvalue weighted by molar-refractivity contribution is 14.0. The van der Waals surface area contributed by atoms with Crippen molar-refractivity contribution in [1.82, 2.24) is 15.1 Å². The van der Waals surface area contributed by atoms with Crippen molar-refractivity contribution in [3.05, 3.63) is 20.8 Å². The number of likely N-dealkylation sites (N-methyl/N-ethyl adjacent to an activating group) is 1. The molecule has 8 heteroatoms. The van der Waals surface area contributed by atoms with Crippen molar-refractivity contribution in [2.45, 2.75) is 24.9 Å². The van der Waals surface area contributed by atoms with E-state index in [9.17, 15) is 0 Å². The zero-order valence-electron chi connectivity index (χ0n) is 14.8. The van der Waals surface area contributed by atoms with Crippen LogP contribution in [0.2, 0.25) is 0 Å². The second kappa shape index (κ2) is 10.3. The smallest absolute Gasteiger partial charge is 0.193 e. The van der Waals surface area contributed by atoms with E-state index in [0.717, 1.165) is 48.9 Å². The van der Waals surface area contributed by atoms with E-state index in [0.29, 0.717) is 0 Å². The van der Waals surface area contributed by atoms with Crippen molar-refractivity contribution >= 4 is 57.2 Å². The molecule has 1 aliphatic heterocycles. The quantitative estimate of drug-likeness (QED) is 0.360. The summed E-state index contributed by atoms with van der Waals surface area (Å²) in [6, 6.07) is 4.24. The van der Waals surface area contributed by atoms with Gasteiger partial charge < -0.3 is 19.9 Å². The average molecular weight is 531 g/mol. The minimum absolute atomic E-state index is 0. The molecule has 0 atom stereocenters. The van der Waals surface area contributed by atoms with Gasteiger partial charge in [-0.15, -0.1) is 35.3 Å². The van der Waals surface area contributed by atoms with Gasteiger partial charge in [-0.2, -0.15) is 0 Å². The highest BCUT2D eigenvalue weighted by Crippen LogP contribution is 2.25. The molecule has 0 aromatic carbocycles. The summed E-state index contributed by atoms with van der Waals surface area (Å²) in [5, 5.41) is 3.56. The van der Waals surface area contributed by atoms with Gasteiger partial charge in [-0.05, 0) is 55.0 Å². The number of rotatable bonds is 5. The lowest BCUT2D eigenvalue weighted by molar-refractivity contribution is -0.00522. The van der Waals surface area contributed by atoms with Crippen molar-refractivity contribution in [3.63, 3.8) is 0 Å². The van der Waals surface area contributed by atoms with Crippen molar-refractivity contribution < 1.29 is 4.74 Å². The minimum atomic E-state index is 0. The maximum Gasteiger partial charge on any atom is 0.193 e. The summed E-state index contributed by atoms with van der Waals surface area (Å²) in [6.45, 7) is 3.40. The van der Waals surface area contributed by atoms with Crippen LogP contribution in [0.1, 0.15) is 17.7 Å². The van der Waals surface area contributed by atoms with Crippen molar-refractivity contribution in [2.24, 2.45) is 4.99 Å². The lowest BCUT2D eigenvalue weighted by Crippen LogP contribution is -2.57. The van der Waals surface area contributed by atoms with Gasteiger partial charge >= 0.3 is 0 Å². The van der Waals surface area contributed by atoms with E-state index >= 15 is 0 Å². The average Bonchev–Trinajstić information content (AvgIpc) is 2.93. The van der Waals surface area contributed by atoms with Crippen molar-refractivity contribution in [3.8, 4) is 0 Å². The molecular weight excluding hydrogens is 503 g/mol. The maximum absolute atomic E-state index is 5.54. The Morgan fingerprint density at radius 2 is 2.00 bits per heavy atom. The van der Waals surface area contributed by atoms with Gasteiger partial charge in [0.25, 0.3) is 0 Å². The Labute approximate surface area is 175 Å². The number of ether oxygens (including phenoxy) is 1. The zero-order chi connectivity index (χ0) is 16.9. The molecule has 2 rings (SSSR count). The summed E-state index contributed by atoms with van der Waals surface area (Å²) in [6.07, 6.45) is 2.09. The van der Waals surface area contributed by atoms with Gasteiger partial charge in [-0.25, -0.2) is 0 Å². The van der Waals surface area contributed by atoms with Crippen LogP contribution < -0.4 is 5.32 Å². The molecule has 24 heavy (non-hydrogen) atoms. The molecule has 2 heterocycles. The number of nitrogens with zero attached hydrogens (tertiary/aromatic N) is 3. The number of aliphatic imine (C=N–C) groups is 1. The first-order valence-corrected chi connectivity index (χ1v) is 9.49. The first-order chi connectivity index (χ1) is 11.0. The predicted octanol–water partition coefficient (Wildman–Crippen LogP) is 3.25. The first-order valence-electron chi connectivity index (χ1n) is 7.88. The summed E-state index contributed by atoms with van der Waals surface area (Å²) in [5.41, 5.74) is 0.140. The van der Waals surface area contributed by atoms with E-state index in [1.165, 1.54) is 4.88 Å². The summed E-state index contributed by atoms with van der Waals surface area (Å²) in [4.78, 5) is 10.2. The topological polar surface area (TPSA) is 40.1 Å². The lowest BCUT2D eigenvalue weighted by Gasteiger charge is -2.43. The molecule has 1 saturated heterocycles. The monoisotopic (exact) mass is 530 g/mol. The lowest BCUT2D eigenvalue weighted by atomic mass is 9.88. The highest BCUT2D eigenvalue weighted by Gasteiger charge is 2.35. The molecule has 5 nitrogen and oxygen atoms in total. The molecule has 1 aliphatic rings. The summed E-state index contributed by atoms with van der Waals surface area (Å²) in [5.74, 6) is 0.933. The molecule has 0 radical (unpaired) electrons. The minimum Gasteiger partial charge on any atom is -0.381 e. The van der Waals surface area contributed by atoms with E-state index < -0.39 is 0 Å². The number of halogens is 2. The van der Waals surface area contributed by atoms with Crippen LogP contribution in [0.4, 0.5) is 0 Å². The normalized spacial score (nSPS) is 17.5. The van der Waals surface area contributed by atoms with Crippen LogP contribution in [0.3, 0.4) is 0 Å². The van der Waals surface area contributed by atoms with Crippen LogP contribution in [-0.4, -0.2) is 69.2 Å². The SMILES string of the molecule is CN=C(NCC1(N(C)C)CCOCC1)N(C)Cc1ccc(Br)s1.I. The molecule has 0 amide bonds. The van der Waals surface area contributed by atoms with Gasteiger partial charge in [0.2, 0.25) is 0 Å². The standard InChI is InChI=1S/C16H27BrN4OS.HI/c1-18-15(21(4)11-13-5-6-14(17)23-13)19-12-16(20(2)3)7-9-22-10-8-16;/h5-6H,7-12H2,1-4H3,(H,18,19);1H. The van der Waals surface area contributed by atoms with E-state index in [4.69, 9.17) is 4.74 Å². The van der Waals surface area contributed by atoms with Gasteiger partial charge in [0.15, 0.2) is 5.96 Å². The molecule has 138 valence electrons. The fourth-order valence-electron chi connectivity index (χ4n) is 2.91. The summed E-state index contributed by atoms with van der Waals surface area (Å²) in [7, 11) is 8.23. The number of nitrogens with one attached hydrogen (secondary N) is 1. The van der Waals surface area contributed by atoms with Crippen LogP contribution >= 0.6 is 51.2 Å². The number of hydrogen-bond donors (Lipinski definition) is 1. The molecule has 0 bridgehead atoms. The Bertz CT molecular complexity index is 532. The summed E-state index contributed by atoms with van der Waals surface area (Å²) >= 11 is 5.28. The maximum atomic E-state index is 5.54. The van der Waals surface area contributed by atoms with Crippen LogP contribution in [0.15, 0.2) is 20.9 Å². The van der Waals surface area contributed by atoms with E-state index in [1.807, 2.05) is 7.05 Å². The van der Waals surface area contributed by atoms with Crippen molar-refractivity contribution in [1.29, 1.82) is 0 Å². The Balaban J connectivity index is 0.00000288.